The van der Waals surface area contributed by atoms with Crippen LogP contribution in [-0.2, 0) is 11.2 Å². The lowest BCUT2D eigenvalue weighted by atomic mass is 9.95. The molecule has 4 rings (SSSR count). The van der Waals surface area contributed by atoms with E-state index in [-0.39, 0.29) is 23.5 Å². The number of aromatic nitrogens is 2. The molecule has 0 saturated carbocycles. The third kappa shape index (κ3) is 5.16. The van der Waals surface area contributed by atoms with Crippen molar-refractivity contribution in [2.45, 2.75) is 19.3 Å². The van der Waals surface area contributed by atoms with E-state index >= 15 is 0 Å². The van der Waals surface area contributed by atoms with E-state index in [1.807, 2.05) is 12.1 Å². The Kier molecular flexibility index (Phi) is 6.85. The van der Waals surface area contributed by atoms with Crippen molar-refractivity contribution in [3.63, 3.8) is 0 Å². The Morgan fingerprint density at radius 1 is 1.12 bits per heavy atom. The zero-order valence-corrected chi connectivity index (χ0v) is 18.3. The van der Waals surface area contributed by atoms with Gasteiger partial charge in [-0.25, -0.2) is 9.07 Å². The molecule has 3 aromatic rings. The van der Waals surface area contributed by atoms with Gasteiger partial charge in [0.25, 0.3) is 5.91 Å². The molecular weight excluding hydrogens is 431 g/mol. The zero-order chi connectivity index (χ0) is 22.5. The van der Waals surface area contributed by atoms with E-state index in [2.05, 4.69) is 10.4 Å². The highest BCUT2D eigenvalue weighted by Gasteiger charge is 2.28. The number of likely N-dealkylation sites (tertiary alicyclic amines) is 1. The molecule has 1 aromatic heterocycles. The fraction of sp³-hybridized carbons (Fsp3) is 0.292. The molecule has 2 aromatic carbocycles. The maximum atomic E-state index is 13.7. The van der Waals surface area contributed by atoms with Crippen LogP contribution in [0.4, 0.5) is 4.39 Å². The largest absolute Gasteiger partial charge is 0.356 e. The second-order valence-electron chi connectivity index (χ2n) is 7.85. The normalized spacial score (nSPS) is 14.4. The summed E-state index contributed by atoms with van der Waals surface area (Å²) < 4.78 is 15.3. The number of carbonyl (C=O) groups is 2. The van der Waals surface area contributed by atoms with Crippen molar-refractivity contribution in [3.8, 4) is 5.69 Å². The van der Waals surface area contributed by atoms with Crippen LogP contribution in [0, 0.1) is 11.7 Å². The maximum Gasteiger partial charge on any atom is 0.257 e. The van der Waals surface area contributed by atoms with Crippen LogP contribution >= 0.6 is 11.6 Å². The van der Waals surface area contributed by atoms with Crippen LogP contribution in [0.15, 0.2) is 60.9 Å². The molecule has 0 unspecified atom stereocenters. The summed E-state index contributed by atoms with van der Waals surface area (Å²) >= 11 is 6.03. The lowest BCUT2D eigenvalue weighted by Gasteiger charge is -2.31. The molecule has 0 radical (unpaired) electrons. The van der Waals surface area contributed by atoms with Crippen molar-refractivity contribution in [2.75, 3.05) is 19.6 Å². The number of benzene rings is 2. The number of piperidine rings is 1. The Morgan fingerprint density at radius 2 is 1.91 bits per heavy atom. The van der Waals surface area contributed by atoms with Gasteiger partial charge in [-0.05, 0) is 49.1 Å². The van der Waals surface area contributed by atoms with Crippen LogP contribution in [-0.4, -0.2) is 46.1 Å². The maximum absolute atomic E-state index is 13.7. The Morgan fingerprint density at radius 3 is 2.66 bits per heavy atom. The van der Waals surface area contributed by atoms with Crippen LogP contribution < -0.4 is 5.32 Å². The summed E-state index contributed by atoms with van der Waals surface area (Å²) in [7, 11) is 0. The zero-order valence-electron chi connectivity index (χ0n) is 17.5. The van der Waals surface area contributed by atoms with E-state index in [1.165, 1.54) is 6.07 Å². The number of amides is 2. The minimum atomic E-state index is -0.257. The van der Waals surface area contributed by atoms with E-state index < -0.39 is 0 Å². The first-order chi connectivity index (χ1) is 15.5. The van der Waals surface area contributed by atoms with Gasteiger partial charge in [0, 0.05) is 36.8 Å². The fourth-order valence-electron chi connectivity index (χ4n) is 3.89. The van der Waals surface area contributed by atoms with E-state index in [4.69, 9.17) is 11.6 Å². The third-order valence-corrected chi connectivity index (χ3v) is 5.94. The summed E-state index contributed by atoms with van der Waals surface area (Å²) in [5.74, 6) is -0.542. The molecule has 2 heterocycles. The molecule has 0 atom stereocenters. The van der Waals surface area contributed by atoms with E-state index in [0.717, 1.165) is 5.69 Å². The molecule has 166 valence electrons. The average Bonchev–Trinajstić information content (AvgIpc) is 3.30. The predicted molar refractivity (Wildman–Crippen MR) is 120 cm³/mol. The van der Waals surface area contributed by atoms with Crippen molar-refractivity contribution in [1.82, 2.24) is 20.0 Å². The second-order valence-corrected chi connectivity index (χ2v) is 8.29. The number of halogens is 2. The van der Waals surface area contributed by atoms with Gasteiger partial charge in [-0.1, -0.05) is 35.9 Å². The standard InChI is InChI=1S/C24H24ClFN4O2/c25-20-5-3-6-21(14-20)30-16-19(15-28-30)24(32)29-12-9-18(10-13-29)23(31)27-11-8-17-4-1-2-7-22(17)26/h1-7,14-16,18H,8-13H2,(H,27,31). The highest BCUT2D eigenvalue weighted by molar-refractivity contribution is 6.30. The van der Waals surface area contributed by atoms with Crippen molar-refractivity contribution in [2.24, 2.45) is 5.92 Å². The number of nitrogens with zero attached hydrogens (tertiary/aromatic N) is 3. The van der Waals surface area contributed by atoms with Crippen molar-refractivity contribution < 1.29 is 14.0 Å². The van der Waals surface area contributed by atoms with E-state index in [0.29, 0.717) is 55.0 Å². The molecule has 1 fully saturated rings. The Labute approximate surface area is 191 Å². The summed E-state index contributed by atoms with van der Waals surface area (Å²) in [5.41, 5.74) is 1.87. The molecule has 1 saturated heterocycles. The molecule has 8 heteroatoms. The first kappa shape index (κ1) is 22.0. The number of nitrogens with one attached hydrogen (secondary N) is 1. The fourth-order valence-corrected chi connectivity index (χ4v) is 4.07. The molecule has 1 N–H and O–H groups in total. The SMILES string of the molecule is O=C(NCCc1ccccc1F)C1CCN(C(=O)c2cnn(-c3cccc(Cl)c3)c2)CC1. The summed E-state index contributed by atoms with van der Waals surface area (Å²) in [6, 6.07) is 13.8. The first-order valence-corrected chi connectivity index (χ1v) is 11.0. The van der Waals surface area contributed by atoms with Gasteiger partial charge in [0.1, 0.15) is 5.82 Å². The molecule has 0 aliphatic carbocycles. The third-order valence-electron chi connectivity index (χ3n) is 5.71. The second kappa shape index (κ2) is 9.96. The van der Waals surface area contributed by atoms with Gasteiger partial charge in [0.15, 0.2) is 0 Å². The molecule has 32 heavy (non-hydrogen) atoms. The van der Waals surface area contributed by atoms with Gasteiger partial charge in [0.05, 0.1) is 17.4 Å². The van der Waals surface area contributed by atoms with Crippen LogP contribution in [0.1, 0.15) is 28.8 Å². The van der Waals surface area contributed by atoms with Gasteiger partial charge >= 0.3 is 0 Å². The monoisotopic (exact) mass is 454 g/mol. The quantitative estimate of drug-likeness (QED) is 0.614. The molecule has 1 aliphatic rings. The van der Waals surface area contributed by atoms with Gasteiger partial charge < -0.3 is 10.2 Å². The molecule has 0 spiro atoms. The molecular formula is C24H24ClFN4O2. The highest BCUT2D eigenvalue weighted by atomic mass is 35.5. The summed E-state index contributed by atoms with van der Waals surface area (Å²) in [5, 5.41) is 7.77. The van der Waals surface area contributed by atoms with E-state index in [1.54, 1.807) is 52.3 Å². The Bertz CT molecular complexity index is 1110. The van der Waals surface area contributed by atoms with Gasteiger partial charge in [0.2, 0.25) is 5.91 Å². The van der Waals surface area contributed by atoms with Crippen molar-refractivity contribution >= 4 is 23.4 Å². The van der Waals surface area contributed by atoms with Crippen LogP contribution in [0.25, 0.3) is 5.69 Å². The topological polar surface area (TPSA) is 67.2 Å². The average molecular weight is 455 g/mol. The lowest BCUT2D eigenvalue weighted by Crippen LogP contribution is -2.43. The minimum Gasteiger partial charge on any atom is -0.356 e. The molecule has 6 nitrogen and oxygen atoms in total. The van der Waals surface area contributed by atoms with E-state index in [9.17, 15) is 14.0 Å². The van der Waals surface area contributed by atoms with Gasteiger partial charge in [-0.2, -0.15) is 5.10 Å². The first-order valence-electron chi connectivity index (χ1n) is 10.6. The lowest BCUT2D eigenvalue weighted by molar-refractivity contribution is -0.126. The van der Waals surface area contributed by atoms with Crippen LogP contribution in [0.2, 0.25) is 5.02 Å². The highest BCUT2D eigenvalue weighted by Crippen LogP contribution is 2.20. The smallest absolute Gasteiger partial charge is 0.257 e. The molecule has 1 aliphatic heterocycles. The van der Waals surface area contributed by atoms with Crippen molar-refractivity contribution in [3.05, 3.63) is 82.9 Å². The summed E-state index contributed by atoms with van der Waals surface area (Å²) in [6.45, 7) is 1.40. The number of carbonyl (C=O) groups excluding carboxylic acids is 2. The molecule has 2 amide bonds. The number of rotatable bonds is 6. The van der Waals surface area contributed by atoms with Crippen LogP contribution in [0.3, 0.4) is 0 Å². The van der Waals surface area contributed by atoms with Gasteiger partial charge in [-0.15, -0.1) is 0 Å². The summed E-state index contributed by atoms with van der Waals surface area (Å²) in [4.78, 5) is 27.1. The predicted octanol–water partition coefficient (Wildman–Crippen LogP) is 3.88. The summed E-state index contributed by atoms with van der Waals surface area (Å²) in [6.07, 6.45) is 4.88. The number of hydrogen-bond acceptors (Lipinski definition) is 3. The van der Waals surface area contributed by atoms with Crippen molar-refractivity contribution in [1.29, 1.82) is 0 Å². The number of hydrogen-bond donors (Lipinski definition) is 1. The minimum absolute atomic E-state index is 0.0396. The molecule has 0 bridgehead atoms. The van der Waals surface area contributed by atoms with Gasteiger partial charge in [-0.3, -0.25) is 9.59 Å². The van der Waals surface area contributed by atoms with Crippen LogP contribution in [0.5, 0.6) is 0 Å². The Hall–Kier alpha value is -3.19. The Balaban J connectivity index is 1.26.